The lowest BCUT2D eigenvalue weighted by molar-refractivity contribution is 0.330. The van der Waals surface area contributed by atoms with Crippen LogP contribution in [0.3, 0.4) is 0 Å². The molecule has 0 atom stereocenters. The van der Waals surface area contributed by atoms with Crippen LogP contribution in [-0.4, -0.2) is 10.9 Å². The zero-order valence-corrected chi connectivity index (χ0v) is 5.58. The quantitative estimate of drug-likeness (QED) is 0.302. The van der Waals surface area contributed by atoms with E-state index in [2.05, 4.69) is 22.2 Å². The molecule has 0 spiro atoms. The molecule has 0 aromatic carbocycles. The van der Waals surface area contributed by atoms with Crippen LogP contribution in [0, 0.1) is 0 Å². The summed E-state index contributed by atoms with van der Waals surface area (Å²) in [4.78, 5) is 4.29. The van der Waals surface area contributed by atoms with Gasteiger partial charge in [0, 0.05) is 0 Å². The molecule has 0 unspecified atom stereocenters. The summed E-state index contributed by atoms with van der Waals surface area (Å²) >= 11 is 4.25. The Kier molecular flexibility index (Phi) is 3.10. The van der Waals surface area contributed by atoms with Crippen LogP contribution < -0.4 is 5.73 Å². The standard InChI is InChI=1S/C4H7N2OS/c1-3(2)6-7-4(5)8/h5H,1-2H3. The molecule has 3 nitrogen and oxygen atoms in total. The van der Waals surface area contributed by atoms with Crippen molar-refractivity contribution in [2.45, 2.75) is 13.8 Å². The van der Waals surface area contributed by atoms with E-state index >= 15 is 0 Å². The van der Waals surface area contributed by atoms with Crippen LogP contribution in [0.15, 0.2) is 5.16 Å². The molecule has 4 heteroatoms. The fourth-order valence-corrected chi connectivity index (χ4v) is 0.170. The number of nitrogens with one attached hydrogen (secondary N) is 1. The summed E-state index contributed by atoms with van der Waals surface area (Å²) in [6, 6.07) is 0. The van der Waals surface area contributed by atoms with Crippen molar-refractivity contribution in [3.05, 3.63) is 0 Å². The first kappa shape index (κ1) is 7.36. The fraction of sp³-hybridized carbons (Fsp3) is 0.500. The summed E-state index contributed by atoms with van der Waals surface area (Å²) in [6.45, 7) is 3.52. The minimum atomic E-state index is -0.300. The largest absolute Gasteiger partial charge is 0.325 e. The molecule has 0 amide bonds. The van der Waals surface area contributed by atoms with Crippen LogP contribution in [0.4, 0.5) is 0 Å². The predicted octanol–water partition coefficient (Wildman–Crippen LogP) is 0.967. The Bertz CT molecular complexity index is 117. The topological polar surface area (TPSA) is 45.4 Å². The van der Waals surface area contributed by atoms with E-state index in [1.165, 1.54) is 0 Å². The highest BCUT2D eigenvalue weighted by Crippen LogP contribution is 1.79. The third kappa shape index (κ3) is 5.36. The van der Waals surface area contributed by atoms with Crippen LogP contribution in [0.2, 0.25) is 0 Å². The highest BCUT2D eigenvalue weighted by Gasteiger charge is 1.83. The van der Waals surface area contributed by atoms with E-state index < -0.39 is 0 Å². The summed E-state index contributed by atoms with van der Waals surface area (Å²) in [5, 5.41) is 3.11. The van der Waals surface area contributed by atoms with Crippen LogP contribution in [-0.2, 0) is 4.84 Å². The van der Waals surface area contributed by atoms with Gasteiger partial charge in [-0.25, -0.2) is 0 Å². The summed E-state index contributed by atoms with van der Waals surface area (Å²) < 4.78 is 0. The van der Waals surface area contributed by atoms with Gasteiger partial charge in [-0.3, -0.25) is 5.73 Å². The molecule has 0 aliphatic rings. The van der Waals surface area contributed by atoms with Crippen molar-refractivity contribution < 1.29 is 4.84 Å². The summed E-state index contributed by atoms with van der Waals surface area (Å²) in [5.41, 5.74) is 7.32. The maximum absolute atomic E-state index is 6.57. The van der Waals surface area contributed by atoms with Gasteiger partial charge in [-0.05, 0) is 26.1 Å². The van der Waals surface area contributed by atoms with E-state index in [0.29, 0.717) is 0 Å². The van der Waals surface area contributed by atoms with Crippen LogP contribution in [0.25, 0.3) is 0 Å². The van der Waals surface area contributed by atoms with Gasteiger partial charge in [0.25, 0.3) is 0 Å². The summed E-state index contributed by atoms with van der Waals surface area (Å²) in [5.74, 6) is 0. The molecule has 0 heterocycles. The Balaban J connectivity index is 3.45. The van der Waals surface area contributed by atoms with Gasteiger partial charge in [-0.15, -0.1) is 0 Å². The second-order valence-corrected chi connectivity index (χ2v) is 1.79. The van der Waals surface area contributed by atoms with Gasteiger partial charge < -0.3 is 4.84 Å². The van der Waals surface area contributed by atoms with Gasteiger partial charge in [0.2, 0.25) is 0 Å². The number of rotatable bonds is 1. The molecule has 1 radical (unpaired) electrons. The molecule has 0 rings (SSSR count). The third-order valence-electron chi connectivity index (χ3n) is 0.311. The Morgan fingerprint density at radius 1 is 1.62 bits per heavy atom. The van der Waals surface area contributed by atoms with Crippen molar-refractivity contribution in [2.24, 2.45) is 5.16 Å². The molecule has 0 aliphatic carbocycles. The maximum Gasteiger partial charge on any atom is 0.307 e. The van der Waals surface area contributed by atoms with Crippen molar-refractivity contribution in [3.63, 3.8) is 0 Å². The average Bonchev–Trinajstić information content (AvgIpc) is 1.61. The van der Waals surface area contributed by atoms with Crippen molar-refractivity contribution in [1.82, 2.24) is 5.73 Å². The highest BCUT2D eigenvalue weighted by atomic mass is 32.1. The van der Waals surface area contributed by atoms with Gasteiger partial charge in [-0.1, -0.05) is 5.16 Å². The minimum absolute atomic E-state index is 0.300. The fourth-order valence-electron chi connectivity index (χ4n) is 0.133. The molecule has 0 saturated heterocycles. The first-order valence-corrected chi connectivity index (χ1v) is 2.47. The predicted molar refractivity (Wildman–Crippen MR) is 35.6 cm³/mol. The first-order valence-electron chi connectivity index (χ1n) is 2.06. The van der Waals surface area contributed by atoms with Gasteiger partial charge in [0.15, 0.2) is 0 Å². The monoisotopic (exact) mass is 131 g/mol. The Morgan fingerprint density at radius 2 is 2.12 bits per heavy atom. The molecule has 45 valence electrons. The van der Waals surface area contributed by atoms with E-state index in [-0.39, 0.29) is 5.17 Å². The van der Waals surface area contributed by atoms with Crippen molar-refractivity contribution in [1.29, 1.82) is 0 Å². The van der Waals surface area contributed by atoms with Gasteiger partial charge in [0.05, 0.1) is 5.71 Å². The highest BCUT2D eigenvalue weighted by molar-refractivity contribution is 7.79. The minimum Gasteiger partial charge on any atom is -0.325 e. The SMILES string of the molecule is CC(C)=NOC([NH])=S. The summed E-state index contributed by atoms with van der Waals surface area (Å²) in [7, 11) is 0. The third-order valence-corrected chi connectivity index (χ3v) is 0.386. The lowest BCUT2D eigenvalue weighted by Crippen LogP contribution is -1.96. The molecule has 0 aromatic rings. The average molecular weight is 131 g/mol. The van der Waals surface area contributed by atoms with E-state index in [0.717, 1.165) is 5.71 Å². The Morgan fingerprint density at radius 3 is 2.25 bits per heavy atom. The maximum atomic E-state index is 6.57. The molecule has 0 aliphatic heterocycles. The smallest absolute Gasteiger partial charge is 0.307 e. The van der Waals surface area contributed by atoms with E-state index in [4.69, 9.17) is 5.73 Å². The Hall–Kier alpha value is -0.640. The number of hydrogen-bond acceptors (Lipinski definition) is 3. The van der Waals surface area contributed by atoms with Crippen molar-refractivity contribution in [3.8, 4) is 0 Å². The van der Waals surface area contributed by atoms with Crippen LogP contribution >= 0.6 is 12.2 Å². The van der Waals surface area contributed by atoms with Crippen molar-refractivity contribution >= 4 is 23.1 Å². The number of thiocarbonyl (C=S) groups is 1. The lowest BCUT2D eigenvalue weighted by Gasteiger charge is -1.89. The molecule has 0 fully saturated rings. The molecule has 0 saturated carbocycles. The second-order valence-electron chi connectivity index (χ2n) is 1.42. The van der Waals surface area contributed by atoms with Crippen LogP contribution in [0.5, 0.6) is 0 Å². The van der Waals surface area contributed by atoms with Crippen molar-refractivity contribution in [2.75, 3.05) is 0 Å². The van der Waals surface area contributed by atoms with E-state index in [1.54, 1.807) is 13.8 Å². The molecule has 0 aromatic heterocycles. The van der Waals surface area contributed by atoms with E-state index in [1.807, 2.05) is 0 Å². The number of oxime groups is 1. The molecule has 1 N–H and O–H groups in total. The first-order chi connectivity index (χ1) is 3.63. The zero-order chi connectivity index (χ0) is 6.57. The number of hydrogen-bond donors (Lipinski definition) is 0. The van der Waals surface area contributed by atoms with Gasteiger partial charge >= 0.3 is 5.17 Å². The lowest BCUT2D eigenvalue weighted by atomic mass is 10.5. The van der Waals surface area contributed by atoms with E-state index in [9.17, 15) is 0 Å². The van der Waals surface area contributed by atoms with Gasteiger partial charge in [0.1, 0.15) is 0 Å². The molecule has 0 bridgehead atoms. The number of nitrogens with zero attached hydrogens (tertiary/aromatic N) is 1. The zero-order valence-electron chi connectivity index (χ0n) is 4.76. The molecular formula is C4H7N2OS. The van der Waals surface area contributed by atoms with Gasteiger partial charge in [-0.2, -0.15) is 0 Å². The molecule has 8 heavy (non-hydrogen) atoms. The second kappa shape index (κ2) is 3.37. The molecular weight excluding hydrogens is 124 g/mol. The summed E-state index contributed by atoms with van der Waals surface area (Å²) in [6.07, 6.45) is 0. The van der Waals surface area contributed by atoms with Crippen LogP contribution in [0.1, 0.15) is 13.8 Å². The normalized spacial score (nSPS) is 7.75. The Labute approximate surface area is 53.5 Å².